The number of hydrazone groups is 1. The molecule has 33 heavy (non-hydrogen) atoms. The lowest BCUT2D eigenvalue weighted by Gasteiger charge is -2.18. The van der Waals surface area contributed by atoms with E-state index in [-0.39, 0.29) is 11.3 Å². The largest absolute Gasteiger partial charge is 0.493 e. The zero-order chi connectivity index (χ0) is 24.0. The van der Waals surface area contributed by atoms with E-state index in [4.69, 9.17) is 9.47 Å². The number of carbonyl (C=O) groups excluding carboxylic acids is 1. The van der Waals surface area contributed by atoms with Crippen LogP contribution in [-0.2, 0) is 12.0 Å². The van der Waals surface area contributed by atoms with Crippen molar-refractivity contribution in [3.63, 3.8) is 0 Å². The summed E-state index contributed by atoms with van der Waals surface area (Å²) in [5.74, 6) is 1.01. The molecule has 1 amide bonds. The maximum Gasteiger partial charge on any atom is 0.271 e. The van der Waals surface area contributed by atoms with Crippen molar-refractivity contribution in [2.45, 2.75) is 32.8 Å². The third-order valence-electron chi connectivity index (χ3n) is 4.94. The molecule has 3 aromatic rings. The van der Waals surface area contributed by atoms with E-state index in [0.29, 0.717) is 23.7 Å². The Morgan fingerprint density at radius 3 is 2.36 bits per heavy atom. The van der Waals surface area contributed by atoms with Gasteiger partial charge in [0, 0.05) is 10.0 Å². The minimum absolute atomic E-state index is 0.0392. The Bertz CT molecular complexity index is 1140. The van der Waals surface area contributed by atoms with Crippen molar-refractivity contribution >= 4 is 50.6 Å². The molecule has 0 atom stereocenters. The van der Waals surface area contributed by atoms with Gasteiger partial charge in [-0.2, -0.15) is 5.10 Å². The van der Waals surface area contributed by atoms with Gasteiger partial charge in [0.1, 0.15) is 6.61 Å². The summed E-state index contributed by atoms with van der Waals surface area (Å²) in [6.07, 6.45) is 1.59. The molecule has 0 bridgehead atoms. The smallest absolute Gasteiger partial charge is 0.271 e. The van der Waals surface area contributed by atoms with E-state index in [1.807, 2.05) is 60.7 Å². The van der Waals surface area contributed by atoms with Crippen LogP contribution in [0.3, 0.4) is 0 Å². The van der Waals surface area contributed by atoms with Crippen LogP contribution in [0, 0.1) is 3.57 Å². The van der Waals surface area contributed by atoms with E-state index in [9.17, 15) is 4.79 Å². The molecule has 0 heterocycles. The van der Waals surface area contributed by atoms with Gasteiger partial charge in [0.15, 0.2) is 11.5 Å². The summed E-state index contributed by atoms with van der Waals surface area (Å²) in [5.41, 5.74) is 6.19. The summed E-state index contributed by atoms with van der Waals surface area (Å²) >= 11 is 5.64. The SMILES string of the molecule is COc1cc(/C=N\NC(=O)c2ccc(C(C)(C)C)cc2)cc(I)c1OCc1ccc(Br)cc1. The zero-order valence-electron chi connectivity index (χ0n) is 19.0. The highest BCUT2D eigenvalue weighted by Crippen LogP contribution is 2.34. The maximum atomic E-state index is 12.4. The number of methoxy groups -OCH3 is 1. The Morgan fingerprint density at radius 2 is 1.76 bits per heavy atom. The van der Waals surface area contributed by atoms with Gasteiger partial charge in [-0.15, -0.1) is 0 Å². The van der Waals surface area contributed by atoms with Crippen molar-refractivity contribution in [3.8, 4) is 11.5 Å². The second kappa shape index (κ2) is 11.2. The third kappa shape index (κ3) is 7.04. The van der Waals surface area contributed by atoms with Crippen LogP contribution >= 0.6 is 38.5 Å². The van der Waals surface area contributed by atoms with Crippen molar-refractivity contribution in [1.82, 2.24) is 5.43 Å². The standard InChI is InChI=1S/C26H26BrIN2O3/c1-26(2,3)20-9-7-19(8-10-20)25(31)30-29-15-18-13-22(28)24(23(14-18)32-4)33-16-17-5-11-21(27)12-6-17/h5-15H,16H2,1-4H3,(H,30,31)/b29-15-. The van der Waals surface area contributed by atoms with Crippen LogP contribution in [-0.4, -0.2) is 19.2 Å². The molecule has 5 nitrogen and oxygen atoms in total. The molecular weight excluding hydrogens is 595 g/mol. The number of hydrogen-bond acceptors (Lipinski definition) is 4. The molecule has 0 fully saturated rings. The first-order valence-corrected chi connectivity index (χ1v) is 12.2. The van der Waals surface area contributed by atoms with Crippen LogP contribution in [0.2, 0.25) is 0 Å². The molecule has 7 heteroatoms. The van der Waals surface area contributed by atoms with Gasteiger partial charge in [-0.3, -0.25) is 4.79 Å². The third-order valence-corrected chi connectivity index (χ3v) is 6.27. The lowest BCUT2D eigenvalue weighted by atomic mass is 9.87. The molecule has 0 unspecified atom stereocenters. The number of ether oxygens (including phenoxy) is 2. The van der Waals surface area contributed by atoms with E-state index in [2.05, 4.69) is 69.8 Å². The normalized spacial score (nSPS) is 11.5. The summed E-state index contributed by atoms with van der Waals surface area (Å²) in [7, 11) is 1.60. The highest BCUT2D eigenvalue weighted by atomic mass is 127. The van der Waals surface area contributed by atoms with Crippen LogP contribution in [0.15, 0.2) is 70.2 Å². The fraction of sp³-hybridized carbons (Fsp3) is 0.231. The van der Waals surface area contributed by atoms with E-state index in [0.717, 1.165) is 19.2 Å². The number of hydrogen-bond donors (Lipinski definition) is 1. The average molecular weight is 621 g/mol. The highest BCUT2D eigenvalue weighted by Gasteiger charge is 2.14. The van der Waals surface area contributed by atoms with Gasteiger partial charge < -0.3 is 9.47 Å². The number of halogens is 2. The Kier molecular flexibility index (Phi) is 8.53. The van der Waals surface area contributed by atoms with Gasteiger partial charge in [-0.05, 0) is 81.1 Å². The summed E-state index contributed by atoms with van der Waals surface area (Å²) in [5, 5.41) is 4.11. The first-order valence-electron chi connectivity index (χ1n) is 10.4. The summed E-state index contributed by atoms with van der Waals surface area (Å²) in [6, 6.07) is 19.3. The van der Waals surface area contributed by atoms with Crippen molar-refractivity contribution < 1.29 is 14.3 Å². The van der Waals surface area contributed by atoms with Gasteiger partial charge in [0.05, 0.1) is 16.9 Å². The molecule has 0 aliphatic rings. The van der Waals surface area contributed by atoms with Crippen LogP contribution in [0.25, 0.3) is 0 Å². The monoisotopic (exact) mass is 620 g/mol. The molecule has 0 saturated heterocycles. The molecule has 0 spiro atoms. The van der Waals surface area contributed by atoms with E-state index in [1.54, 1.807) is 13.3 Å². The molecule has 3 aromatic carbocycles. The molecule has 0 aliphatic carbocycles. The predicted octanol–water partition coefficient (Wildman–Crippen LogP) is 6.70. The van der Waals surface area contributed by atoms with Crippen molar-refractivity contribution in [3.05, 3.63) is 91.0 Å². The van der Waals surface area contributed by atoms with Gasteiger partial charge in [-0.25, -0.2) is 5.43 Å². The first-order chi connectivity index (χ1) is 15.7. The molecule has 0 aliphatic heterocycles. The highest BCUT2D eigenvalue weighted by molar-refractivity contribution is 14.1. The molecule has 0 saturated carbocycles. The second-order valence-corrected chi connectivity index (χ2v) is 10.6. The minimum Gasteiger partial charge on any atom is -0.493 e. The van der Waals surface area contributed by atoms with Gasteiger partial charge in [0.25, 0.3) is 5.91 Å². The maximum absolute atomic E-state index is 12.4. The van der Waals surface area contributed by atoms with Crippen molar-refractivity contribution in [2.24, 2.45) is 5.10 Å². The first kappa shape index (κ1) is 25.2. The number of benzene rings is 3. The van der Waals surface area contributed by atoms with Gasteiger partial charge >= 0.3 is 0 Å². The van der Waals surface area contributed by atoms with E-state index >= 15 is 0 Å². The number of nitrogens with zero attached hydrogens (tertiary/aromatic N) is 1. The average Bonchev–Trinajstić information content (AvgIpc) is 2.78. The topological polar surface area (TPSA) is 59.9 Å². The fourth-order valence-corrected chi connectivity index (χ4v) is 4.09. The van der Waals surface area contributed by atoms with Crippen LogP contribution in [0.5, 0.6) is 11.5 Å². The Hall–Kier alpha value is -2.39. The second-order valence-electron chi connectivity index (χ2n) is 8.48. The molecule has 0 aromatic heterocycles. The lowest BCUT2D eigenvalue weighted by Crippen LogP contribution is -2.18. The predicted molar refractivity (Wildman–Crippen MR) is 144 cm³/mol. The minimum atomic E-state index is -0.261. The quantitative estimate of drug-likeness (QED) is 0.182. The van der Waals surface area contributed by atoms with Gasteiger partial charge in [-0.1, -0.05) is 61.0 Å². The lowest BCUT2D eigenvalue weighted by molar-refractivity contribution is 0.0955. The van der Waals surface area contributed by atoms with E-state index < -0.39 is 0 Å². The summed E-state index contributed by atoms with van der Waals surface area (Å²) < 4.78 is 13.4. The molecule has 3 rings (SSSR count). The summed E-state index contributed by atoms with van der Waals surface area (Å²) in [4.78, 5) is 12.4. The fourth-order valence-electron chi connectivity index (χ4n) is 3.04. The van der Waals surface area contributed by atoms with Crippen molar-refractivity contribution in [1.29, 1.82) is 0 Å². The van der Waals surface area contributed by atoms with Crippen LogP contribution in [0.1, 0.15) is 47.8 Å². The zero-order valence-corrected chi connectivity index (χ0v) is 22.7. The Labute approximate surface area is 216 Å². The van der Waals surface area contributed by atoms with Crippen molar-refractivity contribution in [2.75, 3.05) is 7.11 Å². The van der Waals surface area contributed by atoms with E-state index in [1.165, 1.54) is 5.56 Å². The number of carbonyl (C=O) groups is 1. The molecular formula is C26H26BrIN2O3. The Balaban J connectivity index is 1.66. The number of rotatable bonds is 7. The summed E-state index contributed by atoms with van der Waals surface area (Å²) in [6.45, 7) is 6.84. The van der Waals surface area contributed by atoms with Crippen LogP contribution < -0.4 is 14.9 Å². The molecule has 0 radical (unpaired) electrons. The number of nitrogens with one attached hydrogen (secondary N) is 1. The number of amides is 1. The van der Waals surface area contributed by atoms with Gasteiger partial charge in [0.2, 0.25) is 0 Å². The van der Waals surface area contributed by atoms with Crippen LogP contribution in [0.4, 0.5) is 0 Å². The molecule has 1 N–H and O–H groups in total. The molecule has 172 valence electrons. The Morgan fingerprint density at radius 1 is 1.09 bits per heavy atom.